The minimum absolute atomic E-state index is 0.112. The standard InChI is InChI=1S/C17H21F6N3O/c1-2-3-4-24-15(27)26-7-5-25(6-8-26)14-10-12(16(18,19)20)9-13(11-14)17(21,22)23/h9-11H,2-8H2,1H3,(H,24,27). The summed E-state index contributed by atoms with van der Waals surface area (Å²) in [5.74, 6) is 0. The first-order chi connectivity index (χ1) is 12.5. The number of hydrogen-bond acceptors (Lipinski definition) is 2. The number of urea groups is 1. The summed E-state index contributed by atoms with van der Waals surface area (Å²) in [5.41, 5.74) is -2.83. The Balaban J connectivity index is 2.12. The van der Waals surface area contributed by atoms with Gasteiger partial charge < -0.3 is 15.1 Å². The van der Waals surface area contributed by atoms with Gasteiger partial charge in [-0.05, 0) is 24.6 Å². The van der Waals surface area contributed by atoms with Gasteiger partial charge in [-0.25, -0.2) is 4.79 Å². The number of rotatable bonds is 4. The highest BCUT2D eigenvalue weighted by molar-refractivity contribution is 5.74. The average molecular weight is 397 g/mol. The van der Waals surface area contributed by atoms with Crippen LogP contribution in [0.2, 0.25) is 0 Å². The second kappa shape index (κ2) is 8.26. The van der Waals surface area contributed by atoms with E-state index in [1.807, 2.05) is 6.92 Å². The van der Waals surface area contributed by atoms with Gasteiger partial charge in [0.25, 0.3) is 0 Å². The molecule has 0 aromatic heterocycles. The molecule has 0 radical (unpaired) electrons. The van der Waals surface area contributed by atoms with E-state index in [1.54, 1.807) is 0 Å². The lowest BCUT2D eigenvalue weighted by Gasteiger charge is -2.36. The van der Waals surface area contributed by atoms with Crippen molar-refractivity contribution in [3.8, 4) is 0 Å². The molecule has 1 aromatic rings. The molecule has 1 aliphatic rings. The van der Waals surface area contributed by atoms with Gasteiger partial charge in [0.2, 0.25) is 0 Å². The normalized spacial score (nSPS) is 15.8. The Morgan fingerprint density at radius 1 is 0.963 bits per heavy atom. The van der Waals surface area contributed by atoms with Gasteiger partial charge in [0.1, 0.15) is 0 Å². The number of halogens is 6. The van der Waals surface area contributed by atoms with Crippen molar-refractivity contribution >= 4 is 11.7 Å². The van der Waals surface area contributed by atoms with Crippen LogP contribution in [0.3, 0.4) is 0 Å². The van der Waals surface area contributed by atoms with Gasteiger partial charge in [0, 0.05) is 38.4 Å². The van der Waals surface area contributed by atoms with Crippen LogP contribution in [0.25, 0.3) is 0 Å². The fourth-order valence-corrected chi connectivity index (χ4v) is 2.77. The minimum atomic E-state index is -4.88. The third-order valence-electron chi connectivity index (χ3n) is 4.31. The van der Waals surface area contributed by atoms with E-state index in [2.05, 4.69) is 5.32 Å². The summed E-state index contributed by atoms with van der Waals surface area (Å²) in [6, 6.07) is 1.27. The van der Waals surface area contributed by atoms with Crippen molar-refractivity contribution in [2.45, 2.75) is 32.1 Å². The highest BCUT2D eigenvalue weighted by Gasteiger charge is 2.37. The molecule has 152 valence electrons. The van der Waals surface area contributed by atoms with Crippen molar-refractivity contribution in [3.05, 3.63) is 29.3 Å². The number of carbonyl (C=O) groups is 1. The zero-order valence-electron chi connectivity index (χ0n) is 14.8. The summed E-state index contributed by atoms with van der Waals surface area (Å²) in [6.07, 6.45) is -8.00. The average Bonchev–Trinajstić information content (AvgIpc) is 2.60. The summed E-state index contributed by atoms with van der Waals surface area (Å²) in [6.45, 7) is 3.25. The van der Waals surface area contributed by atoms with Crippen LogP contribution in [-0.2, 0) is 12.4 Å². The Bertz CT molecular complexity index is 619. The van der Waals surface area contributed by atoms with E-state index in [-0.39, 0.29) is 44.0 Å². The van der Waals surface area contributed by atoms with Crippen LogP contribution < -0.4 is 10.2 Å². The molecule has 2 rings (SSSR count). The second-order valence-electron chi connectivity index (χ2n) is 6.32. The highest BCUT2D eigenvalue weighted by atomic mass is 19.4. The number of benzene rings is 1. The number of carbonyl (C=O) groups excluding carboxylic acids is 1. The first-order valence-electron chi connectivity index (χ1n) is 8.59. The zero-order chi connectivity index (χ0) is 20.2. The van der Waals surface area contributed by atoms with Gasteiger partial charge >= 0.3 is 18.4 Å². The number of nitrogens with one attached hydrogen (secondary N) is 1. The fraction of sp³-hybridized carbons (Fsp3) is 0.588. The van der Waals surface area contributed by atoms with Crippen LogP contribution in [0.1, 0.15) is 30.9 Å². The molecule has 0 spiro atoms. The fourth-order valence-electron chi connectivity index (χ4n) is 2.77. The SMILES string of the molecule is CCCCNC(=O)N1CCN(c2cc(C(F)(F)F)cc(C(F)(F)F)c2)CC1. The second-order valence-corrected chi connectivity index (χ2v) is 6.32. The number of hydrogen-bond donors (Lipinski definition) is 1. The number of unbranched alkanes of at least 4 members (excludes halogenated alkanes) is 1. The molecule has 0 aliphatic carbocycles. The van der Waals surface area contributed by atoms with Crippen LogP contribution >= 0.6 is 0 Å². The van der Waals surface area contributed by atoms with Crippen molar-refractivity contribution in [1.29, 1.82) is 0 Å². The van der Waals surface area contributed by atoms with Gasteiger partial charge in [-0.1, -0.05) is 13.3 Å². The van der Waals surface area contributed by atoms with Crippen LogP contribution in [0.4, 0.5) is 36.8 Å². The molecule has 1 N–H and O–H groups in total. The van der Waals surface area contributed by atoms with E-state index >= 15 is 0 Å². The van der Waals surface area contributed by atoms with Gasteiger partial charge in [0.15, 0.2) is 0 Å². The molecule has 4 nitrogen and oxygen atoms in total. The molecule has 1 fully saturated rings. The first kappa shape index (κ1) is 21.2. The largest absolute Gasteiger partial charge is 0.416 e. The van der Waals surface area contributed by atoms with Crippen molar-refractivity contribution in [3.63, 3.8) is 0 Å². The van der Waals surface area contributed by atoms with E-state index in [1.165, 1.54) is 9.80 Å². The van der Waals surface area contributed by atoms with Gasteiger partial charge in [-0.2, -0.15) is 26.3 Å². The predicted molar refractivity (Wildman–Crippen MR) is 88.5 cm³/mol. The maximum atomic E-state index is 13.0. The quantitative estimate of drug-likeness (QED) is 0.606. The number of piperazine rings is 1. The lowest BCUT2D eigenvalue weighted by Crippen LogP contribution is -2.52. The van der Waals surface area contributed by atoms with Gasteiger partial charge in [0.05, 0.1) is 11.1 Å². The maximum Gasteiger partial charge on any atom is 0.416 e. The van der Waals surface area contributed by atoms with E-state index in [0.29, 0.717) is 18.7 Å². The lowest BCUT2D eigenvalue weighted by atomic mass is 10.1. The van der Waals surface area contributed by atoms with Crippen LogP contribution in [0.15, 0.2) is 18.2 Å². The van der Waals surface area contributed by atoms with Gasteiger partial charge in [-0.3, -0.25) is 0 Å². The molecule has 10 heteroatoms. The topological polar surface area (TPSA) is 35.6 Å². The molecule has 1 aliphatic heterocycles. The minimum Gasteiger partial charge on any atom is -0.368 e. The molecule has 0 unspecified atom stereocenters. The smallest absolute Gasteiger partial charge is 0.368 e. The van der Waals surface area contributed by atoms with Crippen molar-refractivity contribution in [2.75, 3.05) is 37.6 Å². The third kappa shape index (κ3) is 5.67. The molecule has 0 bridgehead atoms. The monoisotopic (exact) mass is 397 g/mol. The molecule has 1 heterocycles. The number of nitrogens with zero attached hydrogens (tertiary/aromatic N) is 2. The van der Waals surface area contributed by atoms with Crippen molar-refractivity contribution in [1.82, 2.24) is 10.2 Å². The van der Waals surface area contributed by atoms with Crippen LogP contribution in [0.5, 0.6) is 0 Å². The Kier molecular flexibility index (Phi) is 6.48. The predicted octanol–water partition coefficient (Wildman–Crippen LogP) is 4.36. The zero-order valence-corrected chi connectivity index (χ0v) is 14.8. The number of anilines is 1. The van der Waals surface area contributed by atoms with Crippen LogP contribution in [-0.4, -0.2) is 43.7 Å². The Morgan fingerprint density at radius 3 is 1.93 bits per heavy atom. The van der Waals surface area contributed by atoms with Crippen molar-refractivity contribution in [2.24, 2.45) is 0 Å². The summed E-state index contributed by atoms with van der Waals surface area (Å²) >= 11 is 0. The molecular formula is C17H21F6N3O. The van der Waals surface area contributed by atoms with Crippen molar-refractivity contribution < 1.29 is 31.1 Å². The maximum absolute atomic E-state index is 13.0. The van der Waals surface area contributed by atoms with E-state index in [9.17, 15) is 31.1 Å². The molecule has 1 aromatic carbocycles. The summed E-state index contributed by atoms with van der Waals surface area (Å²) in [5, 5.41) is 2.74. The molecule has 0 saturated carbocycles. The lowest BCUT2D eigenvalue weighted by molar-refractivity contribution is -0.143. The van der Waals surface area contributed by atoms with E-state index < -0.39 is 23.5 Å². The number of amides is 2. The van der Waals surface area contributed by atoms with E-state index in [4.69, 9.17) is 0 Å². The van der Waals surface area contributed by atoms with E-state index in [0.717, 1.165) is 12.8 Å². The molecule has 27 heavy (non-hydrogen) atoms. The summed E-state index contributed by atoms with van der Waals surface area (Å²) in [7, 11) is 0. The highest BCUT2D eigenvalue weighted by Crippen LogP contribution is 2.38. The summed E-state index contributed by atoms with van der Waals surface area (Å²) in [4.78, 5) is 14.9. The third-order valence-corrected chi connectivity index (χ3v) is 4.31. The molecule has 2 amide bonds. The number of alkyl halides is 6. The summed E-state index contributed by atoms with van der Waals surface area (Å²) < 4.78 is 77.8. The Hall–Kier alpha value is -2.13. The molecule has 0 atom stereocenters. The molecular weight excluding hydrogens is 376 g/mol. The molecule has 1 saturated heterocycles. The Morgan fingerprint density at radius 2 is 1.48 bits per heavy atom. The Labute approximate surface area is 153 Å². The first-order valence-corrected chi connectivity index (χ1v) is 8.59. The van der Waals surface area contributed by atoms with Crippen LogP contribution in [0, 0.1) is 0 Å². The van der Waals surface area contributed by atoms with Gasteiger partial charge in [-0.15, -0.1) is 0 Å².